The Bertz CT molecular complexity index is 3820. The molecule has 12 rings (SSSR count). The molecule has 0 atom stereocenters. The van der Waals surface area contributed by atoms with Crippen LogP contribution in [0.4, 0.5) is 0 Å². The number of nitriles is 2. The first kappa shape index (κ1) is 40.0. The Hall–Kier alpha value is -9.55. The van der Waals surface area contributed by atoms with Gasteiger partial charge in [0.2, 0.25) is 0 Å². The van der Waals surface area contributed by atoms with Gasteiger partial charge in [-0.1, -0.05) is 194 Å². The first-order chi connectivity index (χ1) is 33.6. The summed E-state index contributed by atoms with van der Waals surface area (Å²) in [4.78, 5) is 14.9. The Morgan fingerprint density at radius 2 is 0.721 bits per heavy atom. The van der Waals surface area contributed by atoms with Crippen LogP contribution in [0.15, 0.2) is 224 Å². The highest BCUT2D eigenvalue weighted by Gasteiger charge is 2.24. The first-order valence-corrected chi connectivity index (χ1v) is 22.5. The van der Waals surface area contributed by atoms with Crippen LogP contribution in [0.2, 0.25) is 0 Å². The Balaban J connectivity index is 0.841. The molecule has 0 N–H and O–H groups in total. The van der Waals surface area contributed by atoms with E-state index in [9.17, 15) is 10.5 Å². The molecular weight excluding hydrogens is 827 g/mol. The minimum Gasteiger partial charge on any atom is -0.208 e. The maximum absolute atomic E-state index is 9.97. The summed E-state index contributed by atoms with van der Waals surface area (Å²) in [5, 5.41) is 21.8. The normalized spacial score (nSPS) is 11.2. The first-order valence-electron chi connectivity index (χ1n) is 22.5. The Kier molecular flexibility index (Phi) is 9.87. The number of benzene rings is 10. The molecule has 68 heavy (non-hydrogen) atoms. The zero-order valence-electron chi connectivity index (χ0n) is 36.6. The van der Waals surface area contributed by atoms with Crippen LogP contribution in [0.3, 0.4) is 0 Å². The predicted octanol–water partition coefficient (Wildman–Crippen LogP) is 15.8. The molecule has 0 unspecified atom stereocenters. The largest absolute Gasteiger partial charge is 0.208 e. The van der Waals surface area contributed by atoms with E-state index in [-0.39, 0.29) is 0 Å². The lowest BCUT2D eigenvalue weighted by atomic mass is 9.89. The summed E-state index contributed by atoms with van der Waals surface area (Å²) in [6, 6.07) is 81.7. The van der Waals surface area contributed by atoms with Crippen LogP contribution in [0.5, 0.6) is 0 Å². The number of hydrogen-bond donors (Lipinski definition) is 0. The lowest BCUT2D eigenvalue weighted by Gasteiger charge is -2.14. The van der Waals surface area contributed by atoms with Crippen LogP contribution < -0.4 is 0 Å². The van der Waals surface area contributed by atoms with Crippen molar-refractivity contribution < 1.29 is 0 Å². The summed E-state index contributed by atoms with van der Waals surface area (Å²) >= 11 is 0. The van der Waals surface area contributed by atoms with Gasteiger partial charge in [-0.05, 0) is 119 Å². The Labute approximate surface area is 394 Å². The van der Waals surface area contributed by atoms with Crippen molar-refractivity contribution in [1.29, 1.82) is 10.5 Å². The zero-order valence-corrected chi connectivity index (χ0v) is 36.6. The predicted molar refractivity (Wildman–Crippen MR) is 275 cm³/mol. The van der Waals surface area contributed by atoms with Gasteiger partial charge in [-0.2, -0.15) is 10.5 Å². The molecule has 0 fully saturated rings. The molecule has 0 spiro atoms. The second-order valence-corrected chi connectivity index (χ2v) is 17.0. The molecule has 11 aromatic rings. The van der Waals surface area contributed by atoms with E-state index in [1.54, 1.807) is 0 Å². The summed E-state index contributed by atoms with van der Waals surface area (Å²) in [6.45, 7) is 0. The SMILES string of the molecule is N#Cc1ccc(-c2cccc(-c3nc(-c4ccccc4)nc(-c4ccc(-c5ccc(-c6ccc(C#N)cc6-c6ccc(-c7ccc8cccc9c8c7-c7ccccc7-9)cc6)cc5)cc4)n3)c2)cc1. The van der Waals surface area contributed by atoms with Crippen molar-refractivity contribution in [2.24, 2.45) is 0 Å². The molecule has 1 aliphatic rings. The summed E-state index contributed by atoms with van der Waals surface area (Å²) in [5.74, 6) is 1.75. The van der Waals surface area contributed by atoms with Gasteiger partial charge in [0.25, 0.3) is 0 Å². The topological polar surface area (TPSA) is 86.2 Å². The lowest BCUT2D eigenvalue weighted by molar-refractivity contribution is 1.07. The standard InChI is InChI=1S/C63H37N5/c64-38-40-16-19-44(20-17-40)51-11-6-12-52(37-51)63-67-61(49-8-2-1-3-9-49)66-62(68-63)50-31-23-43(24-32-50)42-21-25-45(26-22-42)53-34-18-41(39-65)36-58(53)47-29-27-46(28-30-47)54-35-33-48-10-7-15-56-55-13-4-5-14-57(55)60(54)59(48)56/h1-37H. The van der Waals surface area contributed by atoms with Crippen LogP contribution in [-0.4, -0.2) is 15.0 Å². The fourth-order valence-electron chi connectivity index (χ4n) is 9.57. The molecule has 0 saturated carbocycles. The van der Waals surface area contributed by atoms with Gasteiger partial charge in [0.05, 0.1) is 23.3 Å². The summed E-state index contributed by atoms with van der Waals surface area (Å²) in [7, 11) is 0. The summed E-state index contributed by atoms with van der Waals surface area (Å²) in [6.07, 6.45) is 0. The molecule has 0 bridgehead atoms. The van der Waals surface area contributed by atoms with Crippen molar-refractivity contribution in [3.05, 3.63) is 236 Å². The molecule has 0 radical (unpaired) electrons. The fraction of sp³-hybridized carbons (Fsp3) is 0. The average Bonchev–Trinajstić information content (AvgIpc) is 3.76. The van der Waals surface area contributed by atoms with Crippen LogP contribution in [0, 0.1) is 22.7 Å². The van der Waals surface area contributed by atoms with E-state index in [1.165, 1.54) is 38.6 Å². The maximum Gasteiger partial charge on any atom is 0.164 e. The molecule has 1 heterocycles. The third kappa shape index (κ3) is 7.18. The molecular formula is C63H37N5. The van der Waals surface area contributed by atoms with Crippen molar-refractivity contribution in [3.8, 4) is 124 Å². The molecule has 0 aliphatic heterocycles. The van der Waals surface area contributed by atoms with Crippen LogP contribution in [0.1, 0.15) is 11.1 Å². The molecule has 0 saturated heterocycles. The van der Waals surface area contributed by atoms with Crippen molar-refractivity contribution in [1.82, 2.24) is 15.0 Å². The third-order valence-electron chi connectivity index (χ3n) is 13.0. The Morgan fingerprint density at radius 1 is 0.265 bits per heavy atom. The lowest BCUT2D eigenvalue weighted by Crippen LogP contribution is -2.00. The smallest absolute Gasteiger partial charge is 0.164 e. The van der Waals surface area contributed by atoms with Crippen LogP contribution >= 0.6 is 0 Å². The van der Waals surface area contributed by atoms with Crippen molar-refractivity contribution in [2.75, 3.05) is 0 Å². The average molecular weight is 864 g/mol. The minimum absolute atomic E-state index is 0.575. The van der Waals surface area contributed by atoms with E-state index in [1.807, 2.05) is 84.9 Å². The third-order valence-corrected chi connectivity index (χ3v) is 13.0. The molecule has 0 amide bonds. The second kappa shape index (κ2) is 16.8. The highest BCUT2D eigenvalue weighted by atomic mass is 15.0. The number of fused-ring (bicyclic) bond motifs is 3. The number of aromatic nitrogens is 3. The van der Waals surface area contributed by atoms with E-state index < -0.39 is 0 Å². The van der Waals surface area contributed by atoms with Crippen molar-refractivity contribution in [3.63, 3.8) is 0 Å². The molecule has 5 nitrogen and oxygen atoms in total. The highest BCUT2D eigenvalue weighted by Crippen LogP contribution is 2.51. The van der Waals surface area contributed by atoms with Crippen molar-refractivity contribution >= 4 is 10.8 Å². The van der Waals surface area contributed by atoms with Gasteiger partial charge >= 0.3 is 0 Å². The van der Waals surface area contributed by atoms with E-state index in [2.05, 4.69) is 152 Å². The number of nitrogens with zero attached hydrogens (tertiary/aromatic N) is 5. The van der Waals surface area contributed by atoms with E-state index in [4.69, 9.17) is 15.0 Å². The van der Waals surface area contributed by atoms with Gasteiger partial charge in [0.1, 0.15) is 0 Å². The van der Waals surface area contributed by atoms with Crippen molar-refractivity contribution in [2.45, 2.75) is 0 Å². The Morgan fingerprint density at radius 3 is 1.40 bits per heavy atom. The molecule has 10 aromatic carbocycles. The fourth-order valence-corrected chi connectivity index (χ4v) is 9.57. The molecule has 5 heteroatoms. The maximum atomic E-state index is 9.97. The monoisotopic (exact) mass is 863 g/mol. The van der Waals surface area contributed by atoms with Crippen LogP contribution in [0.25, 0.3) is 123 Å². The number of rotatable bonds is 8. The summed E-state index contributed by atoms with van der Waals surface area (Å²) in [5.41, 5.74) is 19.7. The number of hydrogen-bond acceptors (Lipinski definition) is 5. The summed E-state index contributed by atoms with van der Waals surface area (Å²) < 4.78 is 0. The minimum atomic E-state index is 0.575. The van der Waals surface area contributed by atoms with E-state index in [0.29, 0.717) is 28.6 Å². The molecule has 314 valence electrons. The molecule has 1 aromatic heterocycles. The highest BCUT2D eigenvalue weighted by molar-refractivity contribution is 6.19. The van der Waals surface area contributed by atoms with E-state index >= 15 is 0 Å². The van der Waals surface area contributed by atoms with Gasteiger partial charge in [-0.15, -0.1) is 0 Å². The second-order valence-electron chi connectivity index (χ2n) is 17.0. The van der Waals surface area contributed by atoms with Gasteiger partial charge < -0.3 is 0 Å². The van der Waals surface area contributed by atoms with E-state index in [0.717, 1.165) is 66.8 Å². The molecule has 1 aliphatic carbocycles. The van der Waals surface area contributed by atoms with Gasteiger partial charge in [-0.3, -0.25) is 0 Å². The van der Waals surface area contributed by atoms with Crippen LogP contribution in [-0.2, 0) is 0 Å². The van der Waals surface area contributed by atoms with Gasteiger partial charge in [-0.25, -0.2) is 15.0 Å². The van der Waals surface area contributed by atoms with Gasteiger partial charge in [0, 0.05) is 16.7 Å². The zero-order chi connectivity index (χ0) is 45.6. The van der Waals surface area contributed by atoms with Gasteiger partial charge in [0.15, 0.2) is 17.5 Å². The quantitative estimate of drug-likeness (QED) is 0.152.